The Morgan fingerprint density at radius 3 is 2.40 bits per heavy atom. The topological polar surface area (TPSA) is 50.4 Å². The van der Waals surface area contributed by atoms with Crippen LogP contribution in [0.5, 0.6) is 5.75 Å². The molecule has 0 saturated heterocycles. The maximum atomic E-state index is 12.5. The summed E-state index contributed by atoms with van der Waals surface area (Å²) in [5.41, 5.74) is 2.03. The molecule has 0 aliphatic carbocycles. The van der Waals surface area contributed by atoms with Gasteiger partial charge < -0.3 is 9.52 Å². The molecule has 3 aromatic rings. The van der Waals surface area contributed by atoms with Crippen LogP contribution >= 0.6 is 11.8 Å². The van der Waals surface area contributed by atoms with Gasteiger partial charge in [-0.1, -0.05) is 81.1 Å². The summed E-state index contributed by atoms with van der Waals surface area (Å²) < 4.78 is 5.53. The summed E-state index contributed by atoms with van der Waals surface area (Å²) in [5.74, 6) is 1.43. The largest absolute Gasteiger partial charge is 0.506 e. The van der Waals surface area contributed by atoms with Gasteiger partial charge in [0.1, 0.15) is 16.4 Å². The van der Waals surface area contributed by atoms with Crippen LogP contribution in [0.2, 0.25) is 0 Å². The average Bonchev–Trinajstić information content (AvgIpc) is 2.71. The van der Waals surface area contributed by atoms with Gasteiger partial charge in [0.05, 0.1) is 0 Å². The number of hydrogen-bond donors (Lipinski definition) is 1. The first-order valence-electron chi connectivity index (χ1n) is 10.6. The average molecular weight is 423 g/mol. The lowest BCUT2D eigenvalue weighted by atomic mass is 9.95. The number of rotatable bonds is 9. The van der Waals surface area contributed by atoms with Crippen molar-refractivity contribution in [1.82, 2.24) is 0 Å². The van der Waals surface area contributed by atoms with E-state index >= 15 is 0 Å². The fourth-order valence-electron chi connectivity index (χ4n) is 3.64. The molecular formula is C26H30O3S. The minimum absolute atomic E-state index is 0.00198. The lowest BCUT2D eigenvalue weighted by molar-refractivity contribution is 0.393. The van der Waals surface area contributed by atoms with Gasteiger partial charge in [0, 0.05) is 17.4 Å². The van der Waals surface area contributed by atoms with Crippen molar-refractivity contribution >= 4 is 11.8 Å². The number of aromatic hydroxyl groups is 1. The summed E-state index contributed by atoms with van der Waals surface area (Å²) in [6.45, 7) is 6.47. The highest BCUT2D eigenvalue weighted by atomic mass is 32.2. The molecule has 1 unspecified atom stereocenters. The van der Waals surface area contributed by atoms with Crippen LogP contribution in [0.3, 0.4) is 0 Å². The second kappa shape index (κ2) is 10.5. The van der Waals surface area contributed by atoms with Crippen molar-refractivity contribution in [3.05, 3.63) is 88.0 Å². The Hall–Kier alpha value is -2.46. The van der Waals surface area contributed by atoms with Crippen LogP contribution in [0.15, 0.2) is 79.7 Å². The quantitative estimate of drug-likeness (QED) is 0.411. The van der Waals surface area contributed by atoms with Crippen LogP contribution in [0.25, 0.3) is 0 Å². The van der Waals surface area contributed by atoms with Gasteiger partial charge in [0.15, 0.2) is 0 Å². The Morgan fingerprint density at radius 2 is 1.70 bits per heavy atom. The summed E-state index contributed by atoms with van der Waals surface area (Å²) in [6.07, 6.45) is 3.65. The Balaban J connectivity index is 1.62. The molecule has 1 atom stereocenters. The first-order valence-corrected chi connectivity index (χ1v) is 11.4. The molecule has 158 valence electrons. The highest BCUT2D eigenvalue weighted by Crippen LogP contribution is 2.36. The Bertz CT molecular complexity index is 1010. The number of hydrogen-bond acceptors (Lipinski definition) is 4. The van der Waals surface area contributed by atoms with E-state index in [1.54, 1.807) is 6.07 Å². The van der Waals surface area contributed by atoms with E-state index in [1.807, 2.05) is 24.3 Å². The molecule has 2 aromatic carbocycles. The highest BCUT2D eigenvalue weighted by molar-refractivity contribution is 7.99. The molecule has 0 amide bonds. The van der Waals surface area contributed by atoms with E-state index in [4.69, 9.17) is 4.42 Å². The van der Waals surface area contributed by atoms with Crippen molar-refractivity contribution in [2.75, 3.05) is 0 Å². The van der Waals surface area contributed by atoms with E-state index in [0.29, 0.717) is 24.0 Å². The monoisotopic (exact) mass is 422 g/mol. The Morgan fingerprint density at radius 1 is 1.00 bits per heavy atom. The zero-order valence-electron chi connectivity index (χ0n) is 17.9. The second-order valence-electron chi connectivity index (χ2n) is 8.20. The van der Waals surface area contributed by atoms with Gasteiger partial charge in [-0.3, -0.25) is 0 Å². The molecule has 1 aromatic heterocycles. The molecule has 0 bridgehead atoms. The minimum Gasteiger partial charge on any atom is -0.506 e. The molecule has 1 N–H and O–H groups in total. The van der Waals surface area contributed by atoms with Crippen molar-refractivity contribution in [2.45, 2.75) is 62.2 Å². The van der Waals surface area contributed by atoms with Gasteiger partial charge in [-0.05, 0) is 48.3 Å². The summed E-state index contributed by atoms with van der Waals surface area (Å²) in [5, 5.41) is 10.5. The fourth-order valence-corrected chi connectivity index (χ4v) is 4.71. The van der Waals surface area contributed by atoms with Crippen LogP contribution in [-0.4, -0.2) is 5.11 Å². The third-order valence-corrected chi connectivity index (χ3v) is 6.41. The first-order chi connectivity index (χ1) is 14.4. The summed E-state index contributed by atoms with van der Waals surface area (Å²) in [4.78, 5) is 13.8. The van der Waals surface area contributed by atoms with E-state index in [-0.39, 0.29) is 10.6 Å². The predicted octanol–water partition coefficient (Wildman–Crippen LogP) is 6.82. The molecule has 30 heavy (non-hydrogen) atoms. The summed E-state index contributed by atoms with van der Waals surface area (Å²) in [6, 6.07) is 20.0. The van der Waals surface area contributed by atoms with Crippen molar-refractivity contribution in [3.8, 4) is 5.75 Å². The lowest BCUT2D eigenvalue weighted by Crippen LogP contribution is -2.06. The molecular weight excluding hydrogens is 392 g/mol. The van der Waals surface area contributed by atoms with Gasteiger partial charge in [-0.2, -0.15) is 0 Å². The Kier molecular flexibility index (Phi) is 7.81. The molecule has 3 nitrogen and oxygen atoms in total. The van der Waals surface area contributed by atoms with Crippen molar-refractivity contribution in [1.29, 1.82) is 0 Å². The van der Waals surface area contributed by atoms with Crippen molar-refractivity contribution in [2.24, 2.45) is 5.92 Å². The number of benzene rings is 2. The highest BCUT2D eigenvalue weighted by Gasteiger charge is 2.16. The van der Waals surface area contributed by atoms with E-state index in [2.05, 4.69) is 51.1 Å². The third kappa shape index (κ3) is 6.02. The fraction of sp³-hybridized carbons (Fsp3) is 0.346. The first kappa shape index (κ1) is 22.2. The molecule has 1 heterocycles. The third-order valence-electron chi connectivity index (χ3n) is 5.24. The molecule has 3 rings (SSSR count). The lowest BCUT2D eigenvalue weighted by Gasteiger charge is -2.13. The van der Waals surface area contributed by atoms with Gasteiger partial charge >= 0.3 is 5.63 Å². The van der Waals surface area contributed by atoms with E-state index in [1.165, 1.54) is 17.3 Å². The number of aryl methyl sites for hydroxylation is 1. The van der Waals surface area contributed by atoms with Crippen LogP contribution in [0.4, 0.5) is 0 Å². The Labute approximate surface area is 183 Å². The van der Waals surface area contributed by atoms with E-state index in [0.717, 1.165) is 29.7 Å². The maximum absolute atomic E-state index is 12.5. The standard InChI is InChI=1S/C26H30O3S/c1-18(2)22-14-7-8-15-24(22)30-25-23(27)17-21(29-26(25)28)13-9-10-19(3)16-20-11-5-4-6-12-20/h4-8,11-12,14-15,17-19,27H,9-10,13,16H2,1-3H3. The van der Waals surface area contributed by atoms with Gasteiger partial charge in [-0.25, -0.2) is 4.79 Å². The SMILES string of the molecule is CC(CCCc1cc(O)c(Sc2ccccc2C(C)C)c(=O)o1)Cc1ccccc1. The van der Waals surface area contributed by atoms with Gasteiger partial charge in [0.25, 0.3) is 0 Å². The minimum atomic E-state index is -0.467. The molecule has 0 fully saturated rings. The molecule has 0 radical (unpaired) electrons. The van der Waals surface area contributed by atoms with Crippen molar-refractivity contribution < 1.29 is 9.52 Å². The molecule has 0 aliphatic rings. The summed E-state index contributed by atoms with van der Waals surface area (Å²) >= 11 is 1.28. The van der Waals surface area contributed by atoms with Crippen LogP contribution in [0.1, 0.15) is 56.4 Å². The zero-order chi connectivity index (χ0) is 21.5. The maximum Gasteiger partial charge on any atom is 0.353 e. The van der Waals surface area contributed by atoms with Gasteiger partial charge in [0.2, 0.25) is 0 Å². The molecule has 0 spiro atoms. The van der Waals surface area contributed by atoms with Crippen LogP contribution in [0, 0.1) is 5.92 Å². The van der Waals surface area contributed by atoms with Crippen LogP contribution in [-0.2, 0) is 12.8 Å². The zero-order valence-corrected chi connectivity index (χ0v) is 18.7. The van der Waals surface area contributed by atoms with E-state index < -0.39 is 5.63 Å². The van der Waals surface area contributed by atoms with Crippen molar-refractivity contribution in [3.63, 3.8) is 0 Å². The predicted molar refractivity (Wildman–Crippen MR) is 124 cm³/mol. The molecule has 0 aliphatic heterocycles. The molecule has 4 heteroatoms. The van der Waals surface area contributed by atoms with E-state index in [9.17, 15) is 9.90 Å². The molecule has 0 saturated carbocycles. The van der Waals surface area contributed by atoms with Gasteiger partial charge in [-0.15, -0.1) is 0 Å². The van der Waals surface area contributed by atoms with Crippen LogP contribution < -0.4 is 5.63 Å². The second-order valence-corrected chi connectivity index (χ2v) is 9.25. The normalized spacial score (nSPS) is 12.3. The summed E-state index contributed by atoms with van der Waals surface area (Å²) in [7, 11) is 0. The smallest absolute Gasteiger partial charge is 0.353 e.